The average molecular weight is 1000 g/mol. The fraction of sp³-hybridized carbons (Fsp3) is 0.712. The summed E-state index contributed by atoms with van der Waals surface area (Å²) in [4.78, 5) is 38.2. The molecule has 6 heteroatoms. The first-order valence-corrected chi connectivity index (χ1v) is 30.2. The third-order valence-electron chi connectivity index (χ3n) is 12.8. The Morgan fingerprint density at radius 3 is 0.847 bits per heavy atom. The molecule has 72 heavy (non-hydrogen) atoms. The second-order valence-electron chi connectivity index (χ2n) is 19.9. The fourth-order valence-corrected chi connectivity index (χ4v) is 8.37. The van der Waals surface area contributed by atoms with Gasteiger partial charge >= 0.3 is 17.9 Å². The van der Waals surface area contributed by atoms with Gasteiger partial charge in [-0.05, 0) is 96.3 Å². The first-order chi connectivity index (χ1) is 35.5. The molecule has 0 aromatic heterocycles. The zero-order valence-electron chi connectivity index (χ0n) is 47.2. The average Bonchev–Trinajstić information content (AvgIpc) is 3.38. The van der Waals surface area contributed by atoms with E-state index >= 15 is 0 Å². The third kappa shape index (κ3) is 57.2. The highest BCUT2D eigenvalue weighted by Crippen LogP contribution is 2.16. The monoisotopic (exact) mass is 1000 g/mol. The van der Waals surface area contributed by atoms with Gasteiger partial charge in [0.1, 0.15) is 13.2 Å². The lowest BCUT2D eigenvalue weighted by Crippen LogP contribution is -2.30. The van der Waals surface area contributed by atoms with Crippen LogP contribution < -0.4 is 0 Å². The van der Waals surface area contributed by atoms with Crippen molar-refractivity contribution in [3.63, 3.8) is 0 Å². The Labute approximate surface area is 445 Å². The van der Waals surface area contributed by atoms with Crippen molar-refractivity contribution in [2.45, 2.75) is 290 Å². The van der Waals surface area contributed by atoms with E-state index in [1.807, 2.05) is 0 Å². The molecule has 412 valence electrons. The minimum Gasteiger partial charge on any atom is -0.462 e. The van der Waals surface area contributed by atoms with Gasteiger partial charge in [0.15, 0.2) is 6.10 Å². The topological polar surface area (TPSA) is 78.9 Å². The summed E-state index contributed by atoms with van der Waals surface area (Å²) in [5.74, 6) is -0.935. The highest BCUT2D eigenvalue weighted by molar-refractivity contribution is 5.71. The van der Waals surface area contributed by atoms with Crippen molar-refractivity contribution < 1.29 is 28.6 Å². The van der Waals surface area contributed by atoms with E-state index in [1.165, 1.54) is 109 Å². The predicted molar refractivity (Wildman–Crippen MR) is 311 cm³/mol. The van der Waals surface area contributed by atoms with Crippen molar-refractivity contribution >= 4 is 17.9 Å². The maximum absolute atomic E-state index is 12.9. The van der Waals surface area contributed by atoms with Crippen LogP contribution in [0.2, 0.25) is 0 Å². The summed E-state index contributed by atoms with van der Waals surface area (Å²) in [6.07, 6.45) is 79.7. The van der Waals surface area contributed by atoms with Gasteiger partial charge in [-0.1, -0.05) is 266 Å². The molecule has 1 atom stereocenters. The van der Waals surface area contributed by atoms with E-state index in [1.54, 1.807) is 0 Å². The lowest BCUT2D eigenvalue weighted by atomic mass is 10.0. The first kappa shape index (κ1) is 68.3. The molecule has 0 saturated heterocycles. The van der Waals surface area contributed by atoms with Gasteiger partial charge in [-0.3, -0.25) is 14.4 Å². The summed E-state index contributed by atoms with van der Waals surface area (Å²) < 4.78 is 16.9. The van der Waals surface area contributed by atoms with Crippen molar-refractivity contribution in [1.82, 2.24) is 0 Å². The standard InChI is InChI=1S/C66H112O6/c1-4-7-10-13-16-19-22-25-28-31-32-33-36-38-41-44-47-50-53-56-59-65(68)71-62-63(72-66(69)60-57-54-51-48-45-42-39-35-30-27-24-21-18-15-12-9-6-3)61-70-64(67)58-55-52-49-46-43-40-37-34-29-26-23-20-17-14-11-8-5-2/h8-9,11-12,17-18,20-21,26-27,29-30,37,39-40,42,63H,4-7,10,13-16,19,22-25,28,31-36,38,41,43-62H2,1-3H3/b11-8-,12-9-,20-17-,21-18-,29-26-,30-27-,40-37-,42-39-. The van der Waals surface area contributed by atoms with Crippen LogP contribution in [0.1, 0.15) is 284 Å². The molecular formula is C66H112O6. The zero-order chi connectivity index (χ0) is 52.2. The highest BCUT2D eigenvalue weighted by Gasteiger charge is 2.19. The number of ether oxygens (including phenoxy) is 3. The van der Waals surface area contributed by atoms with Crippen LogP contribution in [0.3, 0.4) is 0 Å². The van der Waals surface area contributed by atoms with Crippen LogP contribution in [0, 0.1) is 0 Å². The molecule has 0 bridgehead atoms. The normalized spacial score (nSPS) is 12.8. The van der Waals surface area contributed by atoms with Crippen LogP contribution in [-0.4, -0.2) is 37.2 Å². The first-order valence-electron chi connectivity index (χ1n) is 30.2. The molecule has 0 aliphatic carbocycles. The second-order valence-corrected chi connectivity index (χ2v) is 19.9. The molecule has 0 heterocycles. The van der Waals surface area contributed by atoms with Crippen LogP contribution in [0.25, 0.3) is 0 Å². The van der Waals surface area contributed by atoms with Gasteiger partial charge in [0.2, 0.25) is 0 Å². The van der Waals surface area contributed by atoms with E-state index < -0.39 is 6.10 Å². The van der Waals surface area contributed by atoms with Gasteiger partial charge in [0.05, 0.1) is 0 Å². The van der Waals surface area contributed by atoms with E-state index in [9.17, 15) is 14.4 Å². The molecule has 0 amide bonds. The zero-order valence-corrected chi connectivity index (χ0v) is 47.2. The van der Waals surface area contributed by atoms with E-state index in [4.69, 9.17) is 14.2 Å². The number of hydrogen-bond acceptors (Lipinski definition) is 6. The Morgan fingerprint density at radius 2 is 0.542 bits per heavy atom. The number of carbonyl (C=O) groups is 3. The Morgan fingerprint density at radius 1 is 0.292 bits per heavy atom. The van der Waals surface area contributed by atoms with Crippen molar-refractivity contribution in [2.75, 3.05) is 13.2 Å². The number of rotatable bonds is 54. The maximum Gasteiger partial charge on any atom is 0.306 e. The highest BCUT2D eigenvalue weighted by atomic mass is 16.6. The Hall–Kier alpha value is -3.67. The molecule has 0 aromatic rings. The lowest BCUT2D eigenvalue weighted by molar-refractivity contribution is -0.167. The summed E-state index contributed by atoms with van der Waals surface area (Å²) in [5, 5.41) is 0. The molecule has 0 aliphatic heterocycles. The molecule has 0 aromatic carbocycles. The molecule has 0 N–H and O–H groups in total. The van der Waals surface area contributed by atoms with Gasteiger partial charge in [-0.15, -0.1) is 0 Å². The van der Waals surface area contributed by atoms with Gasteiger partial charge in [-0.2, -0.15) is 0 Å². The molecule has 0 aliphatic rings. The molecule has 0 rings (SSSR count). The summed E-state index contributed by atoms with van der Waals surface area (Å²) in [5.41, 5.74) is 0. The van der Waals surface area contributed by atoms with E-state index in [-0.39, 0.29) is 31.1 Å². The van der Waals surface area contributed by atoms with Crippen LogP contribution in [0.5, 0.6) is 0 Å². The molecule has 0 radical (unpaired) electrons. The van der Waals surface area contributed by atoms with Gasteiger partial charge in [0.25, 0.3) is 0 Å². The fourth-order valence-electron chi connectivity index (χ4n) is 8.37. The van der Waals surface area contributed by atoms with Crippen LogP contribution in [0.4, 0.5) is 0 Å². The summed E-state index contributed by atoms with van der Waals surface area (Å²) in [6, 6.07) is 0. The number of carbonyl (C=O) groups excluding carboxylic acids is 3. The van der Waals surface area contributed by atoms with E-state index in [0.29, 0.717) is 19.3 Å². The molecular weight excluding hydrogens is 889 g/mol. The van der Waals surface area contributed by atoms with Gasteiger partial charge in [-0.25, -0.2) is 0 Å². The van der Waals surface area contributed by atoms with Crippen molar-refractivity contribution in [2.24, 2.45) is 0 Å². The summed E-state index contributed by atoms with van der Waals surface area (Å²) in [6.45, 7) is 6.40. The Balaban J connectivity index is 4.43. The van der Waals surface area contributed by atoms with Crippen molar-refractivity contribution in [3.8, 4) is 0 Å². The number of esters is 3. The van der Waals surface area contributed by atoms with Gasteiger partial charge in [0, 0.05) is 19.3 Å². The van der Waals surface area contributed by atoms with Crippen LogP contribution >= 0.6 is 0 Å². The third-order valence-corrected chi connectivity index (χ3v) is 12.8. The predicted octanol–water partition coefficient (Wildman–Crippen LogP) is 20.5. The van der Waals surface area contributed by atoms with Crippen molar-refractivity contribution in [1.29, 1.82) is 0 Å². The smallest absolute Gasteiger partial charge is 0.306 e. The SMILES string of the molecule is CC/C=C\C/C=C\C/C=C\C/C=C\CCCCCCC(=O)OCC(COC(=O)CCCCCCCCCCCCCCCCCCCCCC)OC(=O)CCCCCC/C=C\C/C=C\C/C=C\C/C=C\CC. The molecule has 0 fully saturated rings. The lowest BCUT2D eigenvalue weighted by Gasteiger charge is -2.18. The number of unbranched alkanes of at least 4 members (excludes halogenated alkanes) is 27. The molecule has 1 unspecified atom stereocenters. The minimum absolute atomic E-state index is 0.0940. The van der Waals surface area contributed by atoms with Crippen molar-refractivity contribution in [3.05, 3.63) is 97.2 Å². The second kappa shape index (κ2) is 59.9. The minimum atomic E-state index is -0.801. The Kier molecular flexibility index (Phi) is 56.8. The summed E-state index contributed by atoms with van der Waals surface area (Å²) >= 11 is 0. The summed E-state index contributed by atoms with van der Waals surface area (Å²) in [7, 11) is 0. The Bertz CT molecular complexity index is 1430. The van der Waals surface area contributed by atoms with Gasteiger partial charge < -0.3 is 14.2 Å². The van der Waals surface area contributed by atoms with Crippen LogP contribution in [-0.2, 0) is 28.6 Å². The van der Waals surface area contributed by atoms with Crippen LogP contribution in [0.15, 0.2) is 97.2 Å². The maximum atomic E-state index is 12.9. The molecule has 0 saturated carbocycles. The quantitative estimate of drug-likeness (QED) is 0.0261. The number of allylic oxidation sites excluding steroid dienone is 16. The van der Waals surface area contributed by atoms with E-state index in [2.05, 4.69) is 118 Å². The molecule has 6 nitrogen and oxygen atoms in total. The number of hydrogen-bond donors (Lipinski definition) is 0. The van der Waals surface area contributed by atoms with E-state index in [0.717, 1.165) is 135 Å². The molecule has 0 spiro atoms. The largest absolute Gasteiger partial charge is 0.462 e.